The van der Waals surface area contributed by atoms with E-state index in [1.165, 1.54) is 0 Å². The molecule has 0 saturated carbocycles. The van der Waals surface area contributed by atoms with Crippen molar-refractivity contribution in [1.29, 1.82) is 0 Å². The van der Waals surface area contributed by atoms with Crippen molar-refractivity contribution in [3.05, 3.63) is 0 Å². The van der Waals surface area contributed by atoms with Crippen LogP contribution in [0.25, 0.3) is 0 Å². The third-order valence-electron chi connectivity index (χ3n) is 0.0481. The standard InChI is InChI=1S/C2HO2.Mo/c3-1-2-4;/h1H;/q-1;. The second kappa shape index (κ2) is 8.98. The summed E-state index contributed by atoms with van der Waals surface area (Å²) in [6, 6.07) is 0. The van der Waals surface area contributed by atoms with Gasteiger partial charge in [0.25, 0.3) is 0 Å². The summed E-state index contributed by atoms with van der Waals surface area (Å²) in [7, 11) is 0. The molecule has 28 valence electrons. The minimum atomic E-state index is 0. The van der Waals surface area contributed by atoms with Crippen LogP contribution in [0, 0.1) is 0 Å². The zero-order valence-electron chi connectivity index (χ0n) is 2.30. The summed E-state index contributed by atoms with van der Waals surface area (Å²) in [5.41, 5.74) is 0. The van der Waals surface area contributed by atoms with Crippen molar-refractivity contribution in [3.63, 3.8) is 0 Å². The predicted molar refractivity (Wildman–Crippen MR) is 11.8 cm³/mol. The van der Waals surface area contributed by atoms with E-state index in [1.807, 2.05) is 0 Å². The van der Waals surface area contributed by atoms with Gasteiger partial charge in [0, 0.05) is 27.4 Å². The maximum Gasteiger partial charge on any atom is 0.00115 e. The van der Waals surface area contributed by atoms with Gasteiger partial charge in [-0.05, 0) is 0 Å². The fraction of sp³-hybridized carbons (Fsp3) is 0. The molecular formula is C2HMoO2-. The number of aldehydes is 1. The number of rotatable bonds is 1. The van der Waals surface area contributed by atoms with Crippen LogP contribution >= 0.6 is 0 Å². The van der Waals surface area contributed by atoms with E-state index in [9.17, 15) is 0 Å². The van der Waals surface area contributed by atoms with Crippen LogP contribution in [0.3, 0.4) is 0 Å². The smallest absolute Gasteiger partial charge is 0.00115 e. The summed E-state index contributed by atoms with van der Waals surface area (Å²) in [6.45, 7) is 0. The van der Waals surface area contributed by atoms with Gasteiger partial charge >= 0.3 is 0 Å². The Balaban J connectivity index is 0. The Hall–Kier alpha value is 0.0283. The molecule has 3 heteroatoms. The van der Waals surface area contributed by atoms with Crippen molar-refractivity contribution in [2.75, 3.05) is 0 Å². The first-order chi connectivity index (χ1) is 1.91. The molecule has 0 rings (SSSR count). The Morgan fingerprint density at radius 3 is 1.80 bits per heavy atom. The van der Waals surface area contributed by atoms with Crippen LogP contribution in [-0.2, 0) is 30.7 Å². The molecule has 5 heavy (non-hydrogen) atoms. The van der Waals surface area contributed by atoms with Crippen LogP contribution in [0.1, 0.15) is 0 Å². The molecule has 2 nitrogen and oxygen atoms in total. The van der Waals surface area contributed by atoms with Gasteiger partial charge in [-0.25, -0.2) is 0 Å². The summed E-state index contributed by atoms with van der Waals surface area (Å²) < 4.78 is 0. The van der Waals surface area contributed by atoms with Crippen LogP contribution in [0.5, 0.6) is 0 Å². The first-order valence-electron chi connectivity index (χ1n) is 0.729. The van der Waals surface area contributed by atoms with Crippen molar-refractivity contribution in [2.45, 2.75) is 0 Å². The molecule has 0 atom stereocenters. The number of carbonyl (C=O) groups is 1. The molecule has 0 bridgehead atoms. The van der Waals surface area contributed by atoms with Crippen molar-refractivity contribution in [3.8, 4) is 0 Å². The van der Waals surface area contributed by atoms with Crippen LogP contribution in [-0.4, -0.2) is 12.6 Å². The van der Waals surface area contributed by atoms with E-state index >= 15 is 0 Å². The van der Waals surface area contributed by atoms with E-state index in [4.69, 9.17) is 9.59 Å². The first kappa shape index (κ1) is 8.90. The summed E-state index contributed by atoms with van der Waals surface area (Å²) in [4.78, 5) is 17.4. The zero-order valence-corrected chi connectivity index (χ0v) is 4.31. The summed E-state index contributed by atoms with van der Waals surface area (Å²) in [5.74, 6) is 0. The molecule has 0 aromatic carbocycles. The molecule has 0 aliphatic rings. The van der Waals surface area contributed by atoms with E-state index in [1.54, 1.807) is 0 Å². The number of carbonyl (C=O) groups excluding carboxylic acids is 2. The minimum absolute atomic E-state index is 0. The van der Waals surface area contributed by atoms with Gasteiger partial charge in [-0.1, -0.05) is 0 Å². The number of hydrogen-bond donors (Lipinski definition) is 0. The predicted octanol–water partition coefficient (Wildman–Crippen LogP) is -0.708. The molecule has 0 heterocycles. The molecule has 0 spiro atoms. The van der Waals surface area contributed by atoms with E-state index in [2.05, 4.69) is 0 Å². The summed E-state index contributed by atoms with van der Waals surface area (Å²) in [5, 5.41) is 0. The molecule has 0 aliphatic carbocycles. The molecule has 0 aliphatic heterocycles. The Morgan fingerprint density at radius 1 is 1.60 bits per heavy atom. The van der Waals surface area contributed by atoms with Crippen LogP contribution in [0.4, 0.5) is 0 Å². The normalized spacial score (nSPS) is 4.00. The molecular weight excluding hydrogens is 152 g/mol. The molecule has 0 N–H and O–H groups in total. The van der Waals surface area contributed by atoms with E-state index in [0.717, 1.165) is 6.29 Å². The van der Waals surface area contributed by atoms with Gasteiger partial charge in [-0.3, -0.25) is 0 Å². The van der Waals surface area contributed by atoms with Gasteiger partial charge in [0.15, 0.2) is 0 Å². The van der Waals surface area contributed by atoms with Crippen LogP contribution in [0.2, 0.25) is 0 Å². The Labute approximate surface area is 43.8 Å². The zero-order chi connectivity index (χ0) is 3.41. The summed E-state index contributed by atoms with van der Waals surface area (Å²) >= 11 is 0. The molecule has 0 saturated heterocycles. The quantitative estimate of drug-likeness (QED) is 0.216. The fourth-order valence-electron chi connectivity index (χ4n) is 0. The maximum atomic E-state index is 8.75. The average molecular weight is 153 g/mol. The fourth-order valence-corrected chi connectivity index (χ4v) is 0. The van der Waals surface area contributed by atoms with E-state index < -0.39 is 0 Å². The van der Waals surface area contributed by atoms with Crippen molar-refractivity contribution in [2.24, 2.45) is 0 Å². The van der Waals surface area contributed by atoms with E-state index in [-0.39, 0.29) is 27.4 Å². The molecule has 0 unspecified atom stereocenters. The van der Waals surface area contributed by atoms with Crippen LogP contribution < -0.4 is 0 Å². The van der Waals surface area contributed by atoms with Crippen molar-refractivity contribution >= 4 is 12.6 Å². The SMILES string of the molecule is O=[C-]C=O.[Mo]. The Kier molecular flexibility index (Phi) is 16.0. The maximum absolute atomic E-state index is 8.75. The second-order valence-electron chi connectivity index (χ2n) is 0.236. The van der Waals surface area contributed by atoms with Gasteiger partial charge in [0.2, 0.25) is 0 Å². The third-order valence-corrected chi connectivity index (χ3v) is 0.0481. The van der Waals surface area contributed by atoms with Gasteiger partial charge in [0.1, 0.15) is 0 Å². The molecule has 0 amide bonds. The van der Waals surface area contributed by atoms with Crippen molar-refractivity contribution < 1.29 is 30.7 Å². The largest absolute Gasteiger partial charge is 0.534 e. The monoisotopic (exact) mass is 155 g/mol. The molecule has 0 radical (unpaired) electrons. The van der Waals surface area contributed by atoms with Gasteiger partial charge < -0.3 is 9.59 Å². The van der Waals surface area contributed by atoms with Crippen LogP contribution in [0.15, 0.2) is 0 Å². The van der Waals surface area contributed by atoms with Gasteiger partial charge in [-0.2, -0.15) is 6.29 Å². The first-order valence-corrected chi connectivity index (χ1v) is 0.729. The second-order valence-corrected chi connectivity index (χ2v) is 0.236. The van der Waals surface area contributed by atoms with E-state index in [0.29, 0.717) is 0 Å². The Morgan fingerprint density at radius 2 is 1.80 bits per heavy atom. The molecule has 0 aromatic heterocycles. The third kappa shape index (κ3) is 15.7. The minimum Gasteiger partial charge on any atom is -0.534 e. The van der Waals surface area contributed by atoms with Gasteiger partial charge in [-0.15, -0.1) is 0 Å². The molecule has 0 fully saturated rings. The topological polar surface area (TPSA) is 34.1 Å². The van der Waals surface area contributed by atoms with Crippen molar-refractivity contribution in [1.82, 2.24) is 0 Å². The Bertz CT molecular complexity index is 28.6. The number of hydrogen-bond acceptors (Lipinski definition) is 2. The van der Waals surface area contributed by atoms with Gasteiger partial charge in [0.05, 0.1) is 0 Å². The molecule has 0 aromatic rings. The summed E-state index contributed by atoms with van der Waals surface area (Å²) in [6.07, 6.45) is 1.07. The average Bonchev–Trinajstić information content (AvgIpc) is 1.37.